The van der Waals surface area contributed by atoms with Crippen LogP contribution in [0.5, 0.6) is 0 Å². The molecule has 1 aliphatic rings. The fraction of sp³-hybridized carbons (Fsp3) is 0.500. The van der Waals surface area contributed by atoms with Crippen LogP contribution in [0, 0.1) is 5.92 Å². The van der Waals surface area contributed by atoms with Gasteiger partial charge < -0.3 is 10.4 Å². The summed E-state index contributed by atoms with van der Waals surface area (Å²) in [5, 5.41) is 11.4. The molecule has 19 heavy (non-hydrogen) atoms. The monoisotopic (exact) mass is 274 g/mol. The van der Waals surface area contributed by atoms with Gasteiger partial charge in [-0.3, -0.25) is 9.78 Å². The molecule has 0 saturated heterocycles. The zero-order chi connectivity index (χ0) is 14.0. The Kier molecular flexibility index (Phi) is 3.64. The smallest absolute Gasteiger partial charge is 0.419 e. The van der Waals surface area contributed by atoms with Gasteiger partial charge in [0.1, 0.15) is 0 Å². The van der Waals surface area contributed by atoms with Crippen molar-refractivity contribution in [1.29, 1.82) is 0 Å². The van der Waals surface area contributed by atoms with Crippen LogP contribution in [-0.4, -0.2) is 22.1 Å². The van der Waals surface area contributed by atoms with Gasteiger partial charge in [-0.1, -0.05) is 0 Å². The molecule has 104 valence electrons. The third-order valence-electron chi connectivity index (χ3n) is 3.19. The molecule has 2 rings (SSSR count). The van der Waals surface area contributed by atoms with Crippen molar-refractivity contribution in [3.63, 3.8) is 0 Å². The highest BCUT2D eigenvalue weighted by Gasteiger charge is 2.36. The van der Waals surface area contributed by atoms with Crippen LogP contribution in [0.3, 0.4) is 0 Å². The van der Waals surface area contributed by atoms with E-state index >= 15 is 0 Å². The normalized spacial score (nSPS) is 22.7. The third kappa shape index (κ3) is 3.36. The molecule has 1 aliphatic carbocycles. The Bertz CT molecular complexity index is 470. The minimum Gasteiger partial charge on any atom is -0.481 e. The van der Waals surface area contributed by atoms with Gasteiger partial charge in [0.25, 0.3) is 0 Å². The number of pyridine rings is 1. The Hall–Kier alpha value is -1.79. The van der Waals surface area contributed by atoms with Crippen LogP contribution in [0.1, 0.15) is 24.8 Å². The molecule has 1 aromatic heterocycles. The van der Waals surface area contributed by atoms with Crippen LogP contribution in [0.2, 0.25) is 0 Å². The first kappa shape index (κ1) is 13.6. The number of hydrogen-bond acceptors (Lipinski definition) is 3. The Morgan fingerprint density at radius 3 is 2.74 bits per heavy atom. The third-order valence-corrected chi connectivity index (χ3v) is 3.19. The number of carboxylic acids is 1. The molecule has 0 aromatic carbocycles. The van der Waals surface area contributed by atoms with Crippen molar-refractivity contribution >= 4 is 11.7 Å². The molecule has 1 fully saturated rings. The molecule has 0 bridgehead atoms. The number of alkyl halides is 3. The van der Waals surface area contributed by atoms with E-state index in [0.29, 0.717) is 12.8 Å². The Morgan fingerprint density at radius 2 is 2.16 bits per heavy atom. The lowest BCUT2D eigenvalue weighted by Crippen LogP contribution is -2.37. The predicted molar refractivity (Wildman–Crippen MR) is 61.6 cm³/mol. The van der Waals surface area contributed by atoms with E-state index < -0.39 is 17.7 Å². The molecule has 0 radical (unpaired) electrons. The van der Waals surface area contributed by atoms with Gasteiger partial charge in [0.15, 0.2) is 0 Å². The summed E-state index contributed by atoms with van der Waals surface area (Å²) in [5.41, 5.74) is -0.794. The summed E-state index contributed by atoms with van der Waals surface area (Å²) in [5.74, 6) is -0.825. The van der Waals surface area contributed by atoms with Crippen LogP contribution < -0.4 is 5.32 Å². The number of carboxylic acid groups (broad SMARTS) is 1. The first-order valence-corrected chi connectivity index (χ1v) is 5.86. The van der Waals surface area contributed by atoms with E-state index in [1.807, 2.05) is 0 Å². The average molecular weight is 274 g/mol. The lowest BCUT2D eigenvalue weighted by atomic mass is 9.78. The summed E-state index contributed by atoms with van der Waals surface area (Å²) in [4.78, 5) is 14.0. The van der Waals surface area contributed by atoms with E-state index in [4.69, 9.17) is 5.11 Å². The highest BCUT2D eigenvalue weighted by molar-refractivity contribution is 5.67. The van der Waals surface area contributed by atoms with Crippen molar-refractivity contribution < 1.29 is 23.1 Å². The van der Waals surface area contributed by atoms with Crippen molar-refractivity contribution in [3.8, 4) is 0 Å². The summed E-state index contributed by atoms with van der Waals surface area (Å²) < 4.78 is 38.1. The molecule has 1 saturated carbocycles. The summed E-state index contributed by atoms with van der Waals surface area (Å²) in [6.45, 7) is 0. The molecule has 4 nitrogen and oxygen atoms in total. The Labute approximate surface area is 107 Å². The van der Waals surface area contributed by atoms with Gasteiger partial charge in [-0.25, -0.2) is 0 Å². The van der Waals surface area contributed by atoms with Crippen LogP contribution in [-0.2, 0) is 11.0 Å². The highest BCUT2D eigenvalue weighted by atomic mass is 19.4. The van der Waals surface area contributed by atoms with E-state index in [2.05, 4.69) is 10.3 Å². The molecule has 7 heteroatoms. The molecular weight excluding hydrogens is 261 g/mol. The fourth-order valence-electron chi connectivity index (χ4n) is 2.23. The van der Waals surface area contributed by atoms with Crippen LogP contribution >= 0.6 is 0 Å². The van der Waals surface area contributed by atoms with Gasteiger partial charge in [-0.2, -0.15) is 13.2 Å². The Balaban J connectivity index is 1.97. The van der Waals surface area contributed by atoms with Gasteiger partial charge in [0.2, 0.25) is 0 Å². The number of carbonyl (C=O) groups is 1. The van der Waals surface area contributed by atoms with Crippen LogP contribution in [0.15, 0.2) is 18.5 Å². The van der Waals surface area contributed by atoms with Gasteiger partial charge >= 0.3 is 12.1 Å². The second-order valence-electron chi connectivity index (χ2n) is 4.70. The largest absolute Gasteiger partial charge is 0.481 e. The van der Waals surface area contributed by atoms with Gasteiger partial charge in [0.05, 0.1) is 5.56 Å². The van der Waals surface area contributed by atoms with Crippen molar-refractivity contribution in [1.82, 2.24) is 4.98 Å². The zero-order valence-electron chi connectivity index (χ0n) is 9.94. The maximum Gasteiger partial charge on any atom is 0.419 e. The number of hydrogen-bond donors (Lipinski definition) is 2. The summed E-state index contributed by atoms with van der Waals surface area (Å²) >= 11 is 0. The maximum atomic E-state index is 12.7. The minimum atomic E-state index is -4.44. The molecule has 2 N–H and O–H groups in total. The van der Waals surface area contributed by atoms with Crippen LogP contribution in [0.25, 0.3) is 0 Å². The van der Waals surface area contributed by atoms with E-state index in [9.17, 15) is 18.0 Å². The van der Waals surface area contributed by atoms with E-state index in [-0.39, 0.29) is 24.1 Å². The number of aromatic nitrogens is 1. The van der Waals surface area contributed by atoms with Crippen molar-refractivity contribution in [3.05, 3.63) is 24.0 Å². The first-order chi connectivity index (χ1) is 8.86. The summed E-state index contributed by atoms with van der Waals surface area (Å²) in [6, 6.07) is 1.18. The second-order valence-corrected chi connectivity index (χ2v) is 4.70. The number of nitrogens with zero attached hydrogens (tertiary/aromatic N) is 1. The number of aliphatic carboxylic acids is 1. The molecule has 0 unspecified atom stereocenters. The molecule has 1 aromatic rings. The number of halogens is 3. The number of nitrogens with one attached hydrogen (secondary N) is 1. The summed E-state index contributed by atoms with van der Waals surface area (Å²) in [6.07, 6.45) is -1.14. The molecule has 1 heterocycles. The van der Waals surface area contributed by atoms with Crippen molar-refractivity contribution in [2.45, 2.75) is 31.5 Å². The van der Waals surface area contributed by atoms with Gasteiger partial charge in [-0.15, -0.1) is 0 Å². The molecule has 0 aliphatic heterocycles. The molecule has 0 amide bonds. The quantitative estimate of drug-likeness (QED) is 0.886. The zero-order valence-corrected chi connectivity index (χ0v) is 9.94. The van der Waals surface area contributed by atoms with Crippen LogP contribution in [0.4, 0.5) is 18.9 Å². The lowest BCUT2D eigenvalue weighted by Gasteiger charge is -2.36. The second kappa shape index (κ2) is 5.07. The van der Waals surface area contributed by atoms with Crippen molar-refractivity contribution in [2.75, 3.05) is 5.32 Å². The van der Waals surface area contributed by atoms with Gasteiger partial charge in [0, 0.05) is 30.5 Å². The molecule has 0 spiro atoms. The van der Waals surface area contributed by atoms with Gasteiger partial charge in [-0.05, 0) is 24.8 Å². The Morgan fingerprint density at radius 1 is 1.47 bits per heavy atom. The van der Waals surface area contributed by atoms with E-state index in [1.165, 1.54) is 12.3 Å². The lowest BCUT2D eigenvalue weighted by molar-refractivity contribution is -0.139. The minimum absolute atomic E-state index is 0.00118. The fourth-order valence-corrected chi connectivity index (χ4v) is 2.23. The first-order valence-electron chi connectivity index (χ1n) is 5.86. The number of rotatable bonds is 4. The topological polar surface area (TPSA) is 62.2 Å². The van der Waals surface area contributed by atoms with E-state index in [1.54, 1.807) is 0 Å². The standard InChI is InChI=1S/C12H13F3N2O2/c13-12(14,15)9-6-16-2-1-10(9)17-8-3-7(4-8)5-11(18)19/h1-2,6-8H,3-5H2,(H,16,17)(H,18,19). The average Bonchev–Trinajstić information content (AvgIpc) is 2.25. The molecule has 0 atom stereocenters. The van der Waals surface area contributed by atoms with Crippen molar-refractivity contribution in [2.24, 2.45) is 5.92 Å². The molecular formula is C12H13F3N2O2. The van der Waals surface area contributed by atoms with E-state index in [0.717, 1.165) is 6.20 Å². The number of anilines is 1. The summed E-state index contributed by atoms with van der Waals surface area (Å²) in [7, 11) is 0. The highest BCUT2D eigenvalue weighted by Crippen LogP contribution is 2.37. The predicted octanol–water partition coefficient (Wildman–Crippen LogP) is 2.77. The SMILES string of the molecule is O=C(O)CC1CC(Nc2ccncc2C(F)(F)F)C1. The maximum absolute atomic E-state index is 12.7.